The Bertz CT molecular complexity index is 292. The van der Waals surface area contributed by atoms with E-state index in [2.05, 4.69) is 5.32 Å². The molecule has 0 bridgehead atoms. The van der Waals surface area contributed by atoms with Crippen molar-refractivity contribution in [3.8, 4) is 0 Å². The number of nitrogens with zero attached hydrogens (tertiary/aromatic N) is 1. The van der Waals surface area contributed by atoms with Crippen LogP contribution < -0.4 is 5.32 Å². The Balaban J connectivity index is 2.29. The number of hydrogen-bond acceptors (Lipinski definition) is 3. The number of urea groups is 1. The average molecular weight is 258 g/mol. The number of rotatable bonds is 8. The van der Waals surface area contributed by atoms with E-state index in [-0.39, 0.29) is 19.0 Å². The highest BCUT2D eigenvalue weighted by Crippen LogP contribution is 2.29. The van der Waals surface area contributed by atoms with E-state index in [0.717, 1.165) is 6.54 Å². The van der Waals surface area contributed by atoms with Crippen LogP contribution in [0.15, 0.2) is 0 Å². The molecule has 0 aromatic carbocycles. The Labute approximate surface area is 107 Å². The van der Waals surface area contributed by atoms with Gasteiger partial charge in [0, 0.05) is 26.7 Å². The van der Waals surface area contributed by atoms with E-state index in [0.29, 0.717) is 12.5 Å². The topological polar surface area (TPSA) is 78.9 Å². The first-order chi connectivity index (χ1) is 8.56. The molecule has 1 unspecified atom stereocenters. The van der Waals surface area contributed by atoms with E-state index in [1.54, 1.807) is 4.90 Å². The van der Waals surface area contributed by atoms with Gasteiger partial charge in [0.05, 0.1) is 12.5 Å². The van der Waals surface area contributed by atoms with Crippen LogP contribution in [0.3, 0.4) is 0 Å². The van der Waals surface area contributed by atoms with Crippen molar-refractivity contribution < 1.29 is 19.4 Å². The first-order valence-corrected chi connectivity index (χ1v) is 6.34. The molecule has 1 rings (SSSR count). The van der Waals surface area contributed by atoms with E-state index in [4.69, 9.17) is 9.84 Å². The van der Waals surface area contributed by atoms with Crippen LogP contribution in [0, 0.1) is 5.92 Å². The molecule has 0 heterocycles. The first kappa shape index (κ1) is 14.8. The zero-order chi connectivity index (χ0) is 13.5. The summed E-state index contributed by atoms with van der Waals surface area (Å²) in [5.74, 6) is -0.283. The van der Waals surface area contributed by atoms with Crippen molar-refractivity contribution in [2.24, 2.45) is 5.92 Å². The van der Waals surface area contributed by atoms with Gasteiger partial charge < -0.3 is 20.1 Å². The second kappa shape index (κ2) is 7.20. The number of carbonyl (C=O) groups is 2. The number of ether oxygens (including phenoxy) is 1. The fourth-order valence-corrected chi connectivity index (χ4v) is 1.71. The highest BCUT2D eigenvalue weighted by atomic mass is 16.5. The highest BCUT2D eigenvalue weighted by molar-refractivity contribution is 5.74. The van der Waals surface area contributed by atoms with Crippen LogP contribution in [0.2, 0.25) is 0 Å². The number of carboxylic acid groups (broad SMARTS) is 1. The number of nitrogens with one attached hydrogen (secondary N) is 1. The van der Waals surface area contributed by atoms with Crippen molar-refractivity contribution in [1.82, 2.24) is 10.2 Å². The lowest BCUT2D eigenvalue weighted by Gasteiger charge is -2.22. The van der Waals surface area contributed by atoms with Crippen molar-refractivity contribution in [2.45, 2.75) is 32.3 Å². The Kier molecular flexibility index (Phi) is 5.91. The second-order valence-electron chi connectivity index (χ2n) is 4.62. The summed E-state index contributed by atoms with van der Waals surface area (Å²) in [4.78, 5) is 24.2. The molecule has 1 atom stereocenters. The molecule has 0 aliphatic heterocycles. The summed E-state index contributed by atoms with van der Waals surface area (Å²) in [5.41, 5.74) is 0. The van der Waals surface area contributed by atoms with Crippen LogP contribution in [-0.2, 0) is 9.53 Å². The van der Waals surface area contributed by atoms with Gasteiger partial charge in [-0.2, -0.15) is 0 Å². The zero-order valence-electron chi connectivity index (χ0n) is 11.0. The summed E-state index contributed by atoms with van der Waals surface area (Å²) >= 11 is 0. The normalized spacial score (nSPS) is 16.1. The maximum absolute atomic E-state index is 11.9. The molecule has 2 N–H and O–H groups in total. The molecule has 1 aliphatic carbocycles. The molecule has 1 saturated carbocycles. The third-order valence-corrected chi connectivity index (χ3v) is 3.06. The van der Waals surface area contributed by atoms with Gasteiger partial charge in [-0.1, -0.05) is 0 Å². The number of hydrogen-bond donors (Lipinski definition) is 2. The SMILES string of the molecule is CCN(CC1CC1)C(=O)NCC(CC(=O)O)OC. The summed E-state index contributed by atoms with van der Waals surface area (Å²) < 4.78 is 5.00. The summed E-state index contributed by atoms with van der Waals surface area (Å²) in [5, 5.41) is 11.4. The molecule has 6 nitrogen and oxygen atoms in total. The summed E-state index contributed by atoms with van der Waals surface area (Å²) in [6, 6.07) is -0.142. The zero-order valence-corrected chi connectivity index (χ0v) is 11.0. The van der Waals surface area contributed by atoms with E-state index in [1.807, 2.05) is 6.92 Å². The Morgan fingerprint density at radius 2 is 2.17 bits per heavy atom. The molecule has 0 spiro atoms. The molecule has 6 heteroatoms. The van der Waals surface area contributed by atoms with Crippen molar-refractivity contribution in [3.63, 3.8) is 0 Å². The lowest BCUT2D eigenvalue weighted by Crippen LogP contribution is -2.44. The van der Waals surface area contributed by atoms with Crippen LogP contribution >= 0.6 is 0 Å². The number of methoxy groups -OCH3 is 1. The lowest BCUT2D eigenvalue weighted by atomic mass is 10.2. The summed E-state index contributed by atoms with van der Waals surface area (Å²) in [6.45, 7) is 3.62. The van der Waals surface area contributed by atoms with Crippen LogP contribution in [-0.4, -0.2) is 54.9 Å². The van der Waals surface area contributed by atoms with Gasteiger partial charge in [0.15, 0.2) is 0 Å². The molecule has 0 radical (unpaired) electrons. The number of amides is 2. The highest BCUT2D eigenvalue weighted by Gasteiger charge is 2.26. The molecule has 0 aromatic heterocycles. The lowest BCUT2D eigenvalue weighted by molar-refractivity contribution is -0.139. The van der Waals surface area contributed by atoms with Gasteiger partial charge >= 0.3 is 12.0 Å². The van der Waals surface area contributed by atoms with Crippen LogP contribution in [0.5, 0.6) is 0 Å². The van der Waals surface area contributed by atoms with Crippen LogP contribution in [0.1, 0.15) is 26.2 Å². The summed E-state index contributed by atoms with van der Waals surface area (Å²) in [6.07, 6.45) is 1.81. The minimum atomic E-state index is -0.929. The predicted octanol–water partition coefficient (Wildman–Crippen LogP) is 0.918. The second-order valence-corrected chi connectivity index (χ2v) is 4.62. The van der Waals surface area contributed by atoms with Gasteiger partial charge in [-0.15, -0.1) is 0 Å². The van der Waals surface area contributed by atoms with Gasteiger partial charge in [-0.05, 0) is 25.7 Å². The third-order valence-electron chi connectivity index (χ3n) is 3.06. The van der Waals surface area contributed by atoms with Gasteiger partial charge in [-0.3, -0.25) is 4.79 Å². The Morgan fingerprint density at radius 1 is 1.50 bits per heavy atom. The van der Waals surface area contributed by atoms with E-state index in [9.17, 15) is 9.59 Å². The first-order valence-electron chi connectivity index (χ1n) is 6.34. The maximum Gasteiger partial charge on any atom is 0.317 e. The smallest absolute Gasteiger partial charge is 0.317 e. The standard InChI is InChI=1S/C12H22N2O4/c1-3-14(8-9-4-5-9)12(17)13-7-10(18-2)6-11(15)16/h9-10H,3-8H2,1-2H3,(H,13,17)(H,15,16). The number of carbonyl (C=O) groups excluding carboxylic acids is 1. The van der Waals surface area contributed by atoms with Gasteiger partial charge in [-0.25, -0.2) is 4.79 Å². The molecular formula is C12H22N2O4. The maximum atomic E-state index is 11.9. The largest absolute Gasteiger partial charge is 0.481 e. The molecule has 2 amide bonds. The van der Waals surface area contributed by atoms with Gasteiger partial charge in [0.2, 0.25) is 0 Å². The minimum absolute atomic E-state index is 0.106. The van der Waals surface area contributed by atoms with Crippen molar-refractivity contribution in [1.29, 1.82) is 0 Å². The molecule has 18 heavy (non-hydrogen) atoms. The van der Waals surface area contributed by atoms with Crippen LogP contribution in [0.4, 0.5) is 4.79 Å². The Hall–Kier alpha value is -1.30. The molecule has 0 aromatic rings. The van der Waals surface area contributed by atoms with Gasteiger partial charge in [0.1, 0.15) is 0 Å². The molecule has 104 valence electrons. The number of aliphatic carboxylic acids is 1. The Morgan fingerprint density at radius 3 is 2.61 bits per heavy atom. The molecular weight excluding hydrogens is 236 g/mol. The average Bonchev–Trinajstić information content (AvgIpc) is 3.14. The summed E-state index contributed by atoms with van der Waals surface area (Å²) in [7, 11) is 1.45. The van der Waals surface area contributed by atoms with Crippen molar-refractivity contribution in [2.75, 3.05) is 26.7 Å². The number of carboxylic acids is 1. The minimum Gasteiger partial charge on any atom is -0.481 e. The molecule has 1 fully saturated rings. The molecule has 1 aliphatic rings. The van der Waals surface area contributed by atoms with E-state index >= 15 is 0 Å². The van der Waals surface area contributed by atoms with Crippen molar-refractivity contribution >= 4 is 12.0 Å². The predicted molar refractivity (Wildman–Crippen MR) is 66.4 cm³/mol. The fraction of sp³-hybridized carbons (Fsp3) is 0.833. The monoisotopic (exact) mass is 258 g/mol. The van der Waals surface area contributed by atoms with E-state index in [1.165, 1.54) is 20.0 Å². The fourth-order valence-electron chi connectivity index (χ4n) is 1.71. The van der Waals surface area contributed by atoms with Gasteiger partial charge in [0.25, 0.3) is 0 Å². The van der Waals surface area contributed by atoms with E-state index < -0.39 is 12.1 Å². The quantitative estimate of drug-likeness (QED) is 0.678. The van der Waals surface area contributed by atoms with Crippen LogP contribution in [0.25, 0.3) is 0 Å². The van der Waals surface area contributed by atoms with Crippen molar-refractivity contribution in [3.05, 3.63) is 0 Å². The third kappa shape index (κ3) is 5.35. The molecule has 0 saturated heterocycles.